The molecule has 0 spiro atoms. The average molecular weight is 398 g/mol. The van der Waals surface area contributed by atoms with E-state index in [2.05, 4.69) is 5.32 Å². The minimum Gasteiger partial charge on any atom is -0.495 e. The normalized spacial score (nSPS) is 12.4. The molecule has 0 aliphatic rings. The lowest BCUT2D eigenvalue weighted by Crippen LogP contribution is -2.45. The predicted octanol–water partition coefficient (Wildman–Crippen LogP) is 3.08. The molecule has 6 nitrogen and oxygen atoms in total. The first-order valence-electron chi connectivity index (χ1n) is 7.94. The molecular formula is C18H20F2N2O4S. The van der Waals surface area contributed by atoms with Crippen LogP contribution in [-0.2, 0) is 14.8 Å². The van der Waals surface area contributed by atoms with Gasteiger partial charge in [-0.2, -0.15) is 0 Å². The van der Waals surface area contributed by atoms with E-state index in [1.807, 2.05) is 0 Å². The summed E-state index contributed by atoms with van der Waals surface area (Å²) in [5.41, 5.74) is 0.982. The summed E-state index contributed by atoms with van der Waals surface area (Å²) in [5.74, 6) is -2.61. The van der Waals surface area contributed by atoms with E-state index in [9.17, 15) is 22.0 Å². The number of hydrogen-bond acceptors (Lipinski definition) is 4. The van der Waals surface area contributed by atoms with Gasteiger partial charge in [0, 0.05) is 11.8 Å². The molecule has 0 saturated heterocycles. The third kappa shape index (κ3) is 4.73. The van der Waals surface area contributed by atoms with Gasteiger partial charge in [0.15, 0.2) is 11.6 Å². The molecule has 1 N–H and O–H groups in total. The second-order valence-corrected chi connectivity index (χ2v) is 7.89. The Morgan fingerprint density at radius 3 is 2.37 bits per heavy atom. The van der Waals surface area contributed by atoms with Crippen LogP contribution in [0, 0.1) is 18.6 Å². The van der Waals surface area contributed by atoms with Crippen molar-refractivity contribution in [2.45, 2.75) is 19.9 Å². The van der Waals surface area contributed by atoms with Gasteiger partial charge >= 0.3 is 0 Å². The highest BCUT2D eigenvalue weighted by Crippen LogP contribution is 2.32. The summed E-state index contributed by atoms with van der Waals surface area (Å²) in [6, 6.07) is 6.62. The minimum atomic E-state index is -3.86. The van der Waals surface area contributed by atoms with Crippen molar-refractivity contribution in [1.29, 1.82) is 0 Å². The van der Waals surface area contributed by atoms with Gasteiger partial charge in [0.05, 0.1) is 19.1 Å². The molecule has 9 heteroatoms. The van der Waals surface area contributed by atoms with Gasteiger partial charge in [-0.1, -0.05) is 6.07 Å². The lowest BCUT2D eigenvalue weighted by molar-refractivity contribution is -0.116. The largest absolute Gasteiger partial charge is 0.495 e. The van der Waals surface area contributed by atoms with Crippen molar-refractivity contribution < 1.29 is 26.7 Å². The smallest absolute Gasteiger partial charge is 0.247 e. The molecule has 2 aromatic rings. The number of nitrogens with zero attached hydrogens (tertiary/aromatic N) is 1. The SMILES string of the molecule is COc1ccc(C)cc1N([C@@H](C)C(=O)Nc1ccc(F)c(F)c1)S(C)(=O)=O. The standard InChI is InChI=1S/C18H20F2N2O4S/c1-11-5-8-17(26-3)16(9-11)22(27(4,24)25)12(2)18(23)21-13-6-7-14(19)15(20)10-13/h5-10,12H,1-4H3,(H,21,23)/t12-/m0/s1. The number of ether oxygens (including phenoxy) is 1. The molecule has 0 heterocycles. The maximum Gasteiger partial charge on any atom is 0.247 e. The Morgan fingerprint density at radius 2 is 1.81 bits per heavy atom. The summed E-state index contributed by atoms with van der Waals surface area (Å²) in [6.45, 7) is 3.16. The fourth-order valence-electron chi connectivity index (χ4n) is 2.57. The quantitative estimate of drug-likeness (QED) is 0.811. The summed E-state index contributed by atoms with van der Waals surface area (Å²) in [7, 11) is -2.47. The number of carbonyl (C=O) groups is 1. The number of amides is 1. The van der Waals surface area contributed by atoms with Crippen LogP contribution < -0.4 is 14.4 Å². The van der Waals surface area contributed by atoms with E-state index in [4.69, 9.17) is 4.74 Å². The van der Waals surface area contributed by atoms with Gasteiger partial charge in [-0.3, -0.25) is 9.10 Å². The highest BCUT2D eigenvalue weighted by molar-refractivity contribution is 7.92. The van der Waals surface area contributed by atoms with Crippen LogP contribution in [0.15, 0.2) is 36.4 Å². The summed E-state index contributed by atoms with van der Waals surface area (Å²) in [6.07, 6.45) is 0.968. The molecule has 146 valence electrons. The molecule has 0 radical (unpaired) electrons. The van der Waals surface area contributed by atoms with Crippen molar-refractivity contribution in [2.24, 2.45) is 0 Å². The van der Waals surface area contributed by atoms with Crippen molar-refractivity contribution in [3.05, 3.63) is 53.6 Å². The zero-order valence-electron chi connectivity index (χ0n) is 15.3. The number of sulfonamides is 1. The molecule has 0 saturated carbocycles. The van der Waals surface area contributed by atoms with Crippen LogP contribution in [0.1, 0.15) is 12.5 Å². The van der Waals surface area contributed by atoms with Crippen LogP contribution >= 0.6 is 0 Å². The Hall–Kier alpha value is -2.68. The van der Waals surface area contributed by atoms with Gasteiger partial charge in [0.1, 0.15) is 11.8 Å². The summed E-state index contributed by atoms with van der Waals surface area (Å²) in [5, 5.41) is 2.39. The number of hydrogen-bond donors (Lipinski definition) is 1. The Kier molecular flexibility index (Phi) is 6.04. The fraction of sp³-hybridized carbons (Fsp3) is 0.278. The summed E-state index contributed by atoms with van der Waals surface area (Å²) >= 11 is 0. The second-order valence-electron chi connectivity index (χ2n) is 6.03. The molecule has 1 atom stereocenters. The van der Waals surface area contributed by atoms with Crippen LogP contribution in [0.4, 0.5) is 20.2 Å². The highest BCUT2D eigenvalue weighted by atomic mass is 32.2. The van der Waals surface area contributed by atoms with E-state index in [-0.39, 0.29) is 17.1 Å². The zero-order valence-corrected chi connectivity index (χ0v) is 16.1. The van der Waals surface area contributed by atoms with Gasteiger partial charge < -0.3 is 10.1 Å². The van der Waals surface area contributed by atoms with Gasteiger partial charge in [-0.05, 0) is 43.7 Å². The maximum atomic E-state index is 13.3. The molecular weight excluding hydrogens is 378 g/mol. The number of anilines is 2. The van der Waals surface area contributed by atoms with Crippen LogP contribution in [-0.4, -0.2) is 33.7 Å². The first-order chi connectivity index (χ1) is 12.5. The van der Waals surface area contributed by atoms with Crippen molar-refractivity contribution in [1.82, 2.24) is 0 Å². The number of methoxy groups -OCH3 is 1. The van der Waals surface area contributed by atoms with Crippen molar-refractivity contribution in [3.63, 3.8) is 0 Å². The minimum absolute atomic E-state index is 0.00964. The Morgan fingerprint density at radius 1 is 1.15 bits per heavy atom. The van der Waals surface area contributed by atoms with Crippen LogP contribution in [0.3, 0.4) is 0 Å². The molecule has 0 aromatic heterocycles. The molecule has 0 aliphatic heterocycles. The summed E-state index contributed by atoms with van der Waals surface area (Å²) < 4.78 is 57.3. The number of carbonyl (C=O) groups excluding carboxylic acids is 1. The molecule has 0 fully saturated rings. The number of benzene rings is 2. The molecule has 1 amide bonds. The molecule has 0 aliphatic carbocycles. The second kappa shape index (κ2) is 7.91. The van der Waals surface area contributed by atoms with E-state index >= 15 is 0 Å². The van der Waals surface area contributed by atoms with Crippen molar-refractivity contribution in [2.75, 3.05) is 23.0 Å². The Bertz CT molecular complexity index is 964. The third-order valence-corrected chi connectivity index (χ3v) is 5.07. The third-order valence-electron chi connectivity index (χ3n) is 3.85. The number of halogens is 2. The first kappa shape index (κ1) is 20.6. The molecule has 0 unspecified atom stereocenters. The van der Waals surface area contributed by atoms with Gasteiger partial charge in [-0.25, -0.2) is 17.2 Å². The number of nitrogens with one attached hydrogen (secondary N) is 1. The van der Waals surface area contributed by atoms with Crippen LogP contribution in [0.2, 0.25) is 0 Å². The maximum absolute atomic E-state index is 13.3. The topological polar surface area (TPSA) is 75.7 Å². The van der Waals surface area contributed by atoms with Crippen LogP contribution in [0.5, 0.6) is 5.75 Å². The molecule has 2 rings (SSSR count). The van der Waals surface area contributed by atoms with E-state index in [1.165, 1.54) is 20.1 Å². The van der Waals surface area contributed by atoms with E-state index < -0.39 is 33.6 Å². The average Bonchev–Trinajstić information content (AvgIpc) is 2.57. The van der Waals surface area contributed by atoms with Gasteiger partial charge in [0.2, 0.25) is 15.9 Å². The van der Waals surface area contributed by atoms with E-state index in [0.29, 0.717) is 0 Å². The Balaban J connectivity index is 2.41. The monoisotopic (exact) mass is 398 g/mol. The molecule has 0 bridgehead atoms. The summed E-state index contributed by atoms with van der Waals surface area (Å²) in [4.78, 5) is 12.6. The Labute approximate surface area is 156 Å². The molecule has 27 heavy (non-hydrogen) atoms. The van der Waals surface area contributed by atoms with Crippen LogP contribution in [0.25, 0.3) is 0 Å². The number of rotatable bonds is 6. The van der Waals surface area contributed by atoms with E-state index in [0.717, 1.165) is 28.3 Å². The first-order valence-corrected chi connectivity index (χ1v) is 9.79. The highest BCUT2D eigenvalue weighted by Gasteiger charge is 2.31. The van der Waals surface area contributed by atoms with Gasteiger partial charge in [-0.15, -0.1) is 0 Å². The van der Waals surface area contributed by atoms with Crippen molar-refractivity contribution >= 4 is 27.3 Å². The molecule has 2 aromatic carbocycles. The zero-order chi connectivity index (χ0) is 20.4. The predicted molar refractivity (Wildman–Crippen MR) is 99.5 cm³/mol. The lowest BCUT2D eigenvalue weighted by Gasteiger charge is -2.29. The number of aryl methyl sites for hydroxylation is 1. The van der Waals surface area contributed by atoms with E-state index in [1.54, 1.807) is 25.1 Å². The van der Waals surface area contributed by atoms with Crippen molar-refractivity contribution in [3.8, 4) is 5.75 Å². The lowest BCUT2D eigenvalue weighted by atomic mass is 10.2. The van der Waals surface area contributed by atoms with Gasteiger partial charge in [0.25, 0.3) is 0 Å². The fourth-order valence-corrected chi connectivity index (χ4v) is 3.74.